The molecule has 29 heavy (non-hydrogen) atoms. The van der Waals surface area contributed by atoms with E-state index in [1.54, 1.807) is 0 Å². The highest BCUT2D eigenvalue weighted by Crippen LogP contribution is 2.41. The van der Waals surface area contributed by atoms with Gasteiger partial charge in [0.1, 0.15) is 11.5 Å². The molecule has 0 bridgehead atoms. The Kier molecular flexibility index (Phi) is 6.18. The number of rotatable bonds is 7. The number of phenolic OH excluding ortho intramolecular Hbond substituents is 1. The summed E-state index contributed by atoms with van der Waals surface area (Å²) in [6, 6.07) is 11.7. The number of anilines is 1. The molecule has 1 aliphatic rings. The largest absolute Gasteiger partial charge is 0.508 e. The highest BCUT2D eigenvalue weighted by molar-refractivity contribution is 5.96. The Morgan fingerprint density at radius 1 is 1.17 bits per heavy atom. The molecule has 5 heteroatoms. The van der Waals surface area contributed by atoms with Gasteiger partial charge in [-0.05, 0) is 47.8 Å². The fourth-order valence-corrected chi connectivity index (χ4v) is 3.81. The molecule has 0 fully saturated rings. The summed E-state index contributed by atoms with van der Waals surface area (Å²) < 4.78 is 5.52. The van der Waals surface area contributed by atoms with Crippen molar-refractivity contribution in [2.45, 2.75) is 59.0 Å². The van der Waals surface area contributed by atoms with Gasteiger partial charge in [-0.2, -0.15) is 0 Å². The highest BCUT2D eigenvalue weighted by atomic mass is 16.5. The number of nitrogens with one attached hydrogen (secondary N) is 1. The number of ether oxygens (including phenoxy) is 1. The molecule has 1 aliphatic heterocycles. The van der Waals surface area contributed by atoms with Crippen molar-refractivity contribution in [3.05, 3.63) is 53.1 Å². The van der Waals surface area contributed by atoms with Crippen LogP contribution in [0.4, 0.5) is 5.69 Å². The third-order valence-corrected chi connectivity index (χ3v) is 5.51. The van der Waals surface area contributed by atoms with Gasteiger partial charge in [0.2, 0.25) is 0 Å². The van der Waals surface area contributed by atoms with Crippen LogP contribution in [0.25, 0.3) is 0 Å². The number of hydrogen-bond acceptors (Lipinski definition) is 4. The molecular formula is C24H31NO4. The minimum absolute atomic E-state index is 0.00624. The quantitative estimate of drug-likeness (QED) is 0.619. The monoisotopic (exact) mass is 397 g/mol. The maximum Gasteiger partial charge on any atom is 0.262 e. The van der Waals surface area contributed by atoms with E-state index in [9.17, 15) is 15.0 Å². The van der Waals surface area contributed by atoms with Gasteiger partial charge >= 0.3 is 0 Å². The lowest BCUT2D eigenvalue weighted by Crippen LogP contribution is -2.26. The molecule has 1 atom stereocenters. The van der Waals surface area contributed by atoms with Crippen molar-refractivity contribution >= 4 is 11.6 Å². The Morgan fingerprint density at radius 3 is 2.52 bits per heavy atom. The molecule has 5 nitrogen and oxygen atoms in total. The second kappa shape index (κ2) is 8.46. The average Bonchev–Trinajstić information content (AvgIpc) is 2.65. The van der Waals surface area contributed by atoms with Gasteiger partial charge in [0, 0.05) is 11.6 Å². The first-order chi connectivity index (χ1) is 13.6. The zero-order valence-electron chi connectivity index (χ0n) is 17.7. The molecule has 156 valence electrons. The summed E-state index contributed by atoms with van der Waals surface area (Å²) >= 11 is 0. The summed E-state index contributed by atoms with van der Waals surface area (Å²) in [5, 5.41) is 23.4. The Morgan fingerprint density at radius 2 is 1.86 bits per heavy atom. The molecule has 1 heterocycles. The molecule has 3 rings (SSSR count). The summed E-state index contributed by atoms with van der Waals surface area (Å²) in [5.74, 6) is 0.686. The van der Waals surface area contributed by atoms with E-state index < -0.39 is 6.10 Å². The van der Waals surface area contributed by atoms with Crippen LogP contribution in [0.5, 0.6) is 11.5 Å². The number of carbonyl (C=O) groups is 1. The van der Waals surface area contributed by atoms with E-state index >= 15 is 0 Å². The summed E-state index contributed by atoms with van der Waals surface area (Å²) in [6.07, 6.45) is 1.47. The Labute approximate surface area is 172 Å². The van der Waals surface area contributed by atoms with Gasteiger partial charge in [0.15, 0.2) is 6.61 Å². The van der Waals surface area contributed by atoms with Crippen LogP contribution < -0.4 is 10.1 Å². The fraction of sp³-hybridized carbons (Fsp3) is 0.458. The first-order valence-corrected chi connectivity index (χ1v) is 10.2. The summed E-state index contributed by atoms with van der Waals surface area (Å²) in [6.45, 7) is 8.69. The number of aliphatic hydroxyl groups excluding tert-OH is 1. The van der Waals surface area contributed by atoms with Crippen molar-refractivity contribution in [1.29, 1.82) is 0 Å². The number of aliphatic hydroxyl groups is 1. The number of aromatic hydroxyl groups is 1. The van der Waals surface area contributed by atoms with E-state index in [4.69, 9.17) is 4.74 Å². The van der Waals surface area contributed by atoms with Crippen LogP contribution >= 0.6 is 0 Å². The molecule has 0 saturated carbocycles. The van der Waals surface area contributed by atoms with Crippen molar-refractivity contribution in [1.82, 2.24) is 0 Å². The molecule has 3 N–H and O–H groups in total. The minimum atomic E-state index is -0.784. The van der Waals surface area contributed by atoms with Gasteiger partial charge in [0.05, 0.1) is 11.8 Å². The van der Waals surface area contributed by atoms with Gasteiger partial charge in [-0.1, -0.05) is 52.0 Å². The lowest BCUT2D eigenvalue weighted by atomic mass is 9.80. The van der Waals surface area contributed by atoms with Crippen molar-refractivity contribution in [3.63, 3.8) is 0 Å². The number of fused-ring (bicyclic) bond motifs is 1. The highest BCUT2D eigenvalue weighted by Gasteiger charge is 2.26. The fourth-order valence-electron chi connectivity index (χ4n) is 3.81. The number of benzene rings is 2. The second-order valence-corrected chi connectivity index (χ2v) is 9.04. The first kappa shape index (κ1) is 21.2. The molecule has 2 aromatic rings. The smallest absolute Gasteiger partial charge is 0.262 e. The van der Waals surface area contributed by atoms with Crippen LogP contribution in [0.1, 0.15) is 69.2 Å². The molecule has 1 amide bonds. The summed E-state index contributed by atoms with van der Waals surface area (Å²) in [7, 11) is 0. The van der Waals surface area contributed by atoms with E-state index in [0.29, 0.717) is 29.3 Å². The predicted molar refractivity (Wildman–Crippen MR) is 114 cm³/mol. The Bertz CT molecular complexity index is 871. The zero-order valence-corrected chi connectivity index (χ0v) is 17.7. The van der Waals surface area contributed by atoms with Gasteiger partial charge in [0.25, 0.3) is 5.91 Å². The standard InChI is InChI=1S/C24H31NO4/c1-15(2)17-7-5-16(6-8-17)13-24(3,4)10-9-21(27)19-11-18(26)12-20-23(19)29-14-22(28)25-20/h5-8,11-12,15,21,26-27H,9-10,13-14H2,1-4H3,(H,25,28). The SMILES string of the molecule is CC(C)c1ccc(CC(C)(C)CCC(O)c2cc(O)cc3c2OCC(=O)N3)cc1. The summed E-state index contributed by atoms with van der Waals surface area (Å²) in [4.78, 5) is 11.5. The maximum absolute atomic E-state index is 11.5. The number of carbonyl (C=O) groups excluding carboxylic acids is 1. The average molecular weight is 398 g/mol. The van der Waals surface area contributed by atoms with Gasteiger partial charge < -0.3 is 20.3 Å². The second-order valence-electron chi connectivity index (χ2n) is 9.04. The maximum atomic E-state index is 11.5. The van der Waals surface area contributed by atoms with Crippen molar-refractivity contribution in [2.75, 3.05) is 11.9 Å². The van der Waals surface area contributed by atoms with Crippen molar-refractivity contribution in [3.8, 4) is 11.5 Å². The predicted octanol–water partition coefficient (Wildman–Crippen LogP) is 4.93. The third kappa shape index (κ3) is 5.30. The molecule has 0 aliphatic carbocycles. The molecule has 1 unspecified atom stereocenters. The van der Waals surface area contributed by atoms with Gasteiger partial charge in [-0.3, -0.25) is 4.79 Å². The van der Waals surface area contributed by atoms with Crippen LogP contribution in [0, 0.1) is 5.41 Å². The topological polar surface area (TPSA) is 78.8 Å². The minimum Gasteiger partial charge on any atom is -0.508 e. The van der Waals surface area contributed by atoms with Crippen LogP contribution in [0.2, 0.25) is 0 Å². The lowest BCUT2D eigenvalue weighted by Gasteiger charge is -2.28. The van der Waals surface area contributed by atoms with Crippen molar-refractivity contribution in [2.24, 2.45) is 5.41 Å². The molecule has 2 aromatic carbocycles. The number of hydrogen-bond donors (Lipinski definition) is 3. The molecule has 0 aromatic heterocycles. The van der Waals surface area contributed by atoms with Crippen LogP contribution in [-0.4, -0.2) is 22.7 Å². The van der Waals surface area contributed by atoms with Gasteiger partial charge in [-0.25, -0.2) is 0 Å². The Balaban J connectivity index is 1.66. The van der Waals surface area contributed by atoms with E-state index in [2.05, 4.69) is 57.3 Å². The van der Waals surface area contributed by atoms with E-state index in [0.717, 1.165) is 12.8 Å². The molecular weight excluding hydrogens is 366 g/mol. The van der Waals surface area contributed by atoms with Crippen LogP contribution in [-0.2, 0) is 11.2 Å². The van der Waals surface area contributed by atoms with E-state index in [1.165, 1.54) is 23.3 Å². The van der Waals surface area contributed by atoms with E-state index in [1.807, 2.05) is 0 Å². The number of phenols is 1. The van der Waals surface area contributed by atoms with E-state index in [-0.39, 0.29) is 23.7 Å². The number of amides is 1. The molecule has 0 saturated heterocycles. The third-order valence-electron chi connectivity index (χ3n) is 5.51. The normalized spacial score (nSPS) is 14.9. The van der Waals surface area contributed by atoms with Crippen LogP contribution in [0.15, 0.2) is 36.4 Å². The summed E-state index contributed by atoms with van der Waals surface area (Å²) in [5.41, 5.74) is 3.54. The van der Waals surface area contributed by atoms with Gasteiger partial charge in [-0.15, -0.1) is 0 Å². The Hall–Kier alpha value is -2.53. The lowest BCUT2D eigenvalue weighted by molar-refractivity contribution is -0.118. The molecule has 0 radical (unpaired) electrons. The molecule has 0 spiro atoms. The zero-order chi connectivity index (χ0) is 21.2. The first-order valence-electron chi connectivity index (χ1n) is 10.2. The van der Waals surface area contributed by atoms with Crippen molar-refractivity contribution < 1.29 is 19.7 Å². The van der Waals surface area contributed by atoms with Crippen LogP contribution in [0.3, 0.4) is 0 Å².